The van der Waals surface area contributed by atoms with Crippen LogP contribution in [-0.2, 0) is 0 Å². The van der Waals surface area contributed by atoms with Crippen molar-refractivity contribution in [2.24, 2.45) is 0 Å². The molecule has 1 aromatic carbocycles. The van der Waals surface area contributed by atoms with Crippen molar-refractivity contribution < 1.29 is 9.21 Å². The summed E-state index contributed by atoms with van der Waals surface area (Å²) in [7, 11) is 0. The fraction of sp³-hybridized carbons (Fsp3) is 0.154. The molecule has 0 atom stereocenters. The van der Waals surface area contributed by atoms with Gasteiger partial charge in [0.1, 0.15) is 0 Å². The third-order valence-electron chi connectivity index (χ3n) is 2.66. The molecule has 2 aromatic rings. The summed E-state index contributed by atoms with van der Waals surface area (Å²) in [6.45, 7) is 3.81. The lowest BCUT2D eigenvalue weighted by molar-refractivity contribution is 0.102. The number of nitrogen functional groups attached to an aromatic ring is 1. The Balaban J connectivity index is 2.31. The van der Waals surface area contributed by atoms with Gasteiger partial charge in [-0.2, -0.15) is 0 Å². The van der Waals surface area contributed by atoms with Crippen LogP contribution in [0.3, 0.4) is 0 Å². The summed E-state index contributed by atoms with van der Waals surface area (Å²) >= 11 is 3.18. The first-order valence-electron chi connectivity index (χ1n) is 5.40. The Labute approximate surface area is 113 Å². The highest BCUT2D eigenvalue weighted by atomic mass is 79.9. The van der Waals surface area contributed by atoms with Gasteiger partial charge < -0.3 is 15.5 Å². The van der Waals surface area contributed by atoms with E-state index in [9.17, 15) is 4.79 Å². The Kier molecular flexibility index (Phi) is 3.43. The van der Waals surface area contributed by atoms with Crippen molar-refractivity contribution in [3.63, 3.8) is 0 Å². The van der Waals surface area contributed by atoms with Gasteiger partial charge >= 0.3 is 0 Å². The number of anilines is 2. The van der Waals surface area contributed by atoms with Crippen molar-refractivity contribution in [2.75, 3.05) is 11.1 Å². The van der Waals surface area contributed by atoms with E-state index in [2.05, 4.69) is 21.2 Å². The highest BCUT2D eigenvalue weighted by molar-refractivity contribution is 9.10. The lowest BCUT2D eigenvalue weighted by atomic mass is 10.1. The smallest absolute Gasteiger partial charge is 0.260 e. The first-order valence-corrected chi connectivity index (χ1v) is 6.19. The molecule has 0 saturated heterocycles. The van der Waals surface area contributed by atoms with Gasteiger partial charge in [0, 0.05) is 11.4 Å². The predicted molar refractivity (Wildman–Crippen MR) is 74.7 cm³/mol. The van der Waals surface area contributed by atoms with Crippen molar-refractivity contribution in [1.29, 1.82) is 0 Å². The van der Waals surface area contributed by atoms with Gasteiger partial charge in [-0.25, -0.2) is 0 Å². The molecule has 1 aromatic heterocycles. The molecule has 18 heavy (non-hydrogen) atoms. The van der Waals surface area contributed by atoms with Gasteiger partial charge in [0.2, 0.25) is 0 Å². The number of benzene rings is 1. The molecule has 94 valence electrons. The van der Waals surface area contributed by atoms with Crippen LogP contribution in [0.4, 0.5) is 11.4 Å². The van der Waals surface area contributed by atoms with Gasteiger partial charge in [-0.15, -0.1) is 0 Å². The number of hydrogen-bond donors (Lipinski definition) is 2. The van der Waals surface area contributed by atoms with E-state index in [4.69, 9.17) is 10.2 Å². The Morgan fingerprint density at radius 2 is 1.94 bits per heavy atom. The maximum atomic E-state index is 12.1. The van der Waals surface area contributed by atoms with E-state index in [0.29, 0.717) is 15.9 Å². The first kappa shape index (κ1) is 12.7. The van der Waals surface area contributed by atoms with Gasteiger partial charge in [0.05, 0.1) is 11.8 Å². The van der Waals surface area contributed by atoms with Crippen molar-refractivity contribution >= 4 is 33.2 Å². The first-order chi connectivity index (χ1) is 8.49. The summed E-state index contributed by atoms with van der Waals surface area (Å²) in [6.07, 6.45) is 1.46. The van der Waals surface area contributed by atoms with Gasteiger partial charge in [0.15, 0.2) is 4.67 Å². The number of rotatable bonds is 2. The summed E-state index contributed by atoms with van der Waals surface area (Å²) in [4.78, 5) is 12.1. The summed E-state index contributed by atoms with van der Waals surface area (Å²) < 4.78 is 5.46. The number of hydrogen-bond acceptors (Lipinski definition) is 3. The molecular formula is C13H13BrN2O2. The zero-order valence-corrected chi connectivity index (χ0v) is 11.7. The summed E-state index contributed by atoms with van der Waals surface area (Å²) in [5.74, 6) is -0.216. The number of aryl methyl sites for hydroxylation is 2. The van der Waals surface area contributed by atoms with Gasteiger partial charge in [-0.1, -0.05) is 0 Å². The molecule has 2 rings (SSSR count). The molecule has 0 unspecified atom stereocenters. The van der Waals surface area contributed by atoms with Crippen LogP contribution < -0.4 is 11.1 Å². The summed E-state index contributed by atoms with van der Waals surface area (Å²) in [5, 5.41) is 2.86. The van der Waals surface area contributed by atoms with Crippen LogP contribution >= 0.6 is 15.9 Å². The van der Waals surface area contributed by atoms with Crippen molar-refractivity contribution in [1.82, 2.24) is 0 Å². The molecule has 0 bridgehead atoms. The molecule has 0 fully saturated rings. The molecule has 0 aliphatic rings. The molecule has 0 aliphatic heterocycles. The highest BCUT2D eigenvalue weighted by Crippen LogP contribution is 2.25. The average molecular weight is 309 g/mol. The number of nitrogens with one attached hydrogen (secondary N) is 1. The minimum atomic E-state index is -0.216. The molecule has 5 heteroatoms. The van der Waals surface area contributed by atoms with E-state index in [-0.39, 0.29) is 5.91 Å². The maximum absolute atomic E-state index is 12.1. The molecule has 1 heterocycles. The number of furan rings is 1. The fourth-order valence-electron chi connectivity index (χ4n) is 1.83. The quantitative estimate of drug-likeness (QED) is 0.834. The van der Waals surface area contributed by atoms with Crippen LogP contribution in [0.15, 0.2) is 33.5 Å². The van der Waals surface area contributed by atoms with E-state index in [1.807, 2.05) is 26.0 Å². The van der Waals surface area contributed by atoms with Gasteiger partial charge in [0.25, 0.3) is 5.91 Å². The van der Waals surface area contributed by atoms with Crippen LogP contribution in [0.2, 0.25) is 0 Å². The Morgan fingerprint density at radius 3 is 2.44 bits per heavy atom. The minimum absolute atomic E-state index is 0.216. The van der Waals surface area contributed by atoms with Crippen molar-refractivity contribution in [2.45, 2.75) is 13.8 Å². The Morgan fingerprint density at radius 1 is 1.33 bits per heavy atom. The zero-order valence-electron chi connectivity index (χ0n) is 10.1. The van der Waals surface area contributed by atoms with Gasteiger partial charge in [-0.05, 0) is 59.1 Å². The standard InChI is InChI=1S/C13H13BrN2O2/c1-7-5-9(15)6-8(2)11(7)16-13(17)10-3-4-18-12(10)14/h3-6H,15H2,1-2H3,(H,16,17). The summed E-state index contributed by atoms with van der Waals surface area (Å²) in [6, 6.07) is 5.27. The molecule has 0 spiro atoms. The van der Waals surface area contributed by atoms with Crippen LogP contribution in [0.5, 0.6) is 0 Å². The normalized spacial score (nSPS) is 10.4. The summed E-state index contributed by atoms with van der Waals surface area (Å²) in [5.41, 5.74) is 9.54. The second-order valence-corrected chi connectivity index (χ2v) is 4.81. The second kappa shape index (κ2) is 4.86. The molecule has 0 saturated carbocycles. The van der Waals surface area contributed by atoms with Crippen molar-refractivity contribution in [3.8, 4) is 0 Å². The third kappa shape index (κ3) is 2.41. The molecule has 3 N–H and O–H groups in total. The van der Waals surface area contributed by atoms with E-state index in [1.54, 1.807) is 6.07 Å². The highest BCUT2D eigenvalue weighted by Gasteiger charge is 2.14. The van der Waals surface area contributed by atoms with E-state index in [1.165, 1.54) is 6.26 Å². The zero-order chi connectivity index (χ0) is 13.3. The van der Waals surface area contributed by atoms with Crippen molar-refractivity contribution in [3.05, 3.63) is 45.8 Å². The van der Waals surface area contributed by atoms with Crippen LogP contribution in [0.1, 0.15) is 21.5 Å². The predicted octanol–water partition coefficient (Wildman–Crippen LogP) is 3.49. The largest absolute Gasteiger partial charge is 0.457 e. The Bertz CT molecular complexity index is 582. The number of amides is 1. The third-order valence-corrected chi connectivity index (χ3v) is 3.27. The minimum Gasteiger partial charge on any atom is -0.457 e. The number of nitrogens with two attached hydrogens (primary N) is 1. The maximum Gasteiger partial charge on any atom is 0.260 e. The molecule has 0 radical (unpaired) electrons. The van der Waals surface area contributed by atoms with E-state index in [0.717, 1.165) is 16.8 Å². The van der Waals surface area contributed by atoms with Crippen LogP contribution in [-0.4, -0.2) is 5.91 Å². The fourth-order valence-corrected chi connectivity index (χ4v) is 2.25. The number of halogens is 1. The second-order valence-electron chi connectivity index (χ2n) is 4.09. The van der Waals surface area contributed by atoms with Crippen LogP contribution in [0, 0.1) is 13.8 Å². The monoisotopic (exact) mass is 308 g/mol. The Hall–Kier alpha value is -1.75. The lowest BCUT2D eigenvalue weighted by Gasteiger charge is -2.12. The molecule has 4 nitrogen and oxygen atoms in total. The van der Waals surface area contributed by atoms with E-state index < -0.39 is 0 Å². The van der Waals surface area contributed by atoms with Crippen LogP contribution in [0.25, 0.3) is 0 Å². The number of carbonyl (C=O) groups is 1. The topological polar surface area (TPSA) is 68.3 Å². The van der Waals surface area contributed by atoms with Gasteiger partial charge in [-0.3, -0.25) is 4.79 Å². The average Bonchev–Trinajstić information content (AvgIpc) is 2.69. The molecule has 1 amide bonds. The molecular weight excluding hydrogens is 296 g/mol. The van der Waals surface area contributed by atoms with E-state index >= 15 is 0 Å². The SMILES string of the molecule is Cc1cc(N)cc(C)c1NC(=O)c1ccoc1Br. The number of carbonyl (C=O) groups excluding carboxylic acids is 1. The lowest BCUT2D eigenvalue weighted by Crippen LogP contribution is -2.13. The molecule has 0 aliphatic carbocycles.